The Balaban J connectivity index is 1.73. The Hall–Kier alpha value is 0.0500. The lowest BCUT2D eigenvalue weighted by Crippen LogP contribution is -2.43. The lowest BCUT2D eigenvalue weighted by molar-refractivity contribution is 0.152. The Morgan fingerprint density at radius 3 is 2.53 bits per heavy atom. The van der Waals surface area contributed by atoms with Gasteiger partial charge in [0.2, 0.25) is 0 Å². The second-order valence-corrected chi connectivity index (χ2v) is 7.42. The molecule has 0 aromatic carbocycles. The molecule has 0 spiro atoms. The zero-order valence-electron chi connectivity index (χ0n) is 12.4. The average Bonchev–Trinajstić information content (AvgIpc) is 2.48. The smallest absolute Gasteiger partial charge is 0.0111 e. The molecule has 2 rings (SSSR count). The fraction of sp³-hybridized carbons (Fsp3) is 0.882. The molecule has 0 saturated heterocycles. The van der Waals surface area contributed by atoms with Crippen LogP contribution in [0.1, 0.15) is 57.8 Å². The van der Waals surface area contributed by atoms with Crippen LogP contribution in [0.25, 0.3) is 0 Å². The zero-order valence-corrected chi connectivity index (χ0v) is 13.2. The van der Waals surface area contributed by atoms with Gasteiger partial charge < -0.3 is 5.32 Å². The molecule has 2 heteroatoms. The molecule has 0 aromatic rings. The van der Waals surface area contributed by atoms with Crippen molar-refractivity contribution in [1.82, 2.24) is 5.32 Å². The molecule has 0 bridgehead atoms. The molecule has 2 atom stereocenters. The number of rotatable bonds is 7. The molecular weight excluding hydrogens is 250 g/mol. The number of hydrogen-bond donors (Lipinski definition) is 1. The summed E-state index contributed by atoms with van der Waals surface area (Å²) in [7, 11) is 0. The van der Waals surface area contributed by atoms with Gasteiger partial charge in [0, 0.05) is 24.1 Å². The molecule has 0 aromatic heterocycles. The quantitative estimate of drug-likeness (QED) is 0.539. The predicted molar refractivity (Wildman–Crippen MR) is 87.8 cm³/mol. The highest BCUT2D eigenvalue weighted by Crippen LogP contribution is 2.38. The van der Waals surface area contributed by atoms with Crippen molar-refractivity contribution in [1.29, 1.82) is 0 Å². The van der Waals surface area contributed by atoms with E-state index in [1.165, 1.54) is 70.1 Å². The Morgan fingerprint density at radius 1 is 1.00 bits per heavy atom. The summed E-state index contributed by atoms with van der Waals surface area (Å²) in [6.07, 6.45) is 15.3. The summed E-state index contributed by atoms with van der Waals surface area (Å²) < 4.78 is 0. The zero-order chi connectivity index (χ0) is 13.3. The standard InChI is InChI=1S/C17H31NS/c1-2-13-19-14-12-18-17-11-7-6-10-16(17)15-8-4-3-5-9-15/h2,15-18H,1,3-14H2. The average molecular weight is 282 g/mol. The van der Waals surface area contributed by atoms with E-state index in [0.29, 0.717) is 0 Å². The van der Waals surface area contributed by atoms with Crippen LogP contribution >= 0.6 is 11.8 Å². The van der Waals surface area contributed by atoms with Gasteiger partial charge in [0.25, 0.3) is 0 Å². The van der Waals surface area contributed by atoms with E-state index in [-0.39, 0.29) is 0 Å². The summed E-state index contributed by atoms with van der Waals surface area (Å²) in [5.41, 5.74) is 0. The van der Waals surface area contributed by atoms with Crippen LogP contribution in [0.15, 0.2) is 12.7 Å². The largest absolute Gasteiger partial charge is 0.313 e. The first kappa shape index (κ1) is 15.4. The minimum absolute atomic E-state index is 0.821. The Bertz CT molecular complexity index is 248. The first-order valence-electron chi connectivity index (χ1n) is 8.34. The molecule has 0 aliphatic heterocycles. The van der Waals surface area contributed by atoms with Gasteiger partial charge in [0.15, 0.2) is 0 Å². The van der Waals surface area contributed by atoms with E-state index in [4.69, 9.17) is 0 Å². The van der Waals surface area contributed by atoms with E-state index in [0.717, 1.165) is 23.6 Å². The van der Waals surface area contributed by atoms with Crippen molar-refractivity contribution >= 4 is 11.8 Å². The maximum Gasteiger partial charge on any atom is 0.0111 e. The molecule has 1 N–H and O–H groups in total. The molecule has 0 amide bonds. The van der Waals surface area contributed by atoms with E-state index in [2.05, 4.69) is 11.9 Å². The van der Waals surface area contributed by atoms with E-state index >= 15 is 0 Å². The van der Waals surface area contributed by atoms with E-state index < -0.39 is 0 Å². The van der Waals surface area contributed by atoms with E-state index in [9.17, 15) is 0 Å². The van der Waals surface area contributed by atoms with Gasteiger partial charge in [0.05, 0.1) is 0 Å². The molecular formula is C17H31NS. The van der Waals surface area contributed by atoms with Gasteiger partial charge in [-0.25, -0.2) is 0 Å². The molecule has 2 fully saturated rings. The van der Waals surface area contributed by atoms with Gasteiger partial charge in [-0.1, -0.05) is 51.0 Å². The highest BCUT2D eigenvalue weighted by molar-refractivity contribution is 7.99. The third-order valence-corrected chi connectivity index (χ3v) is 5.93. The van der Waals surface area contributed by atoms with Crippen molar-refractivity contribution in [3.8, 4) is 0 Å². The highest BCUT2D eigenvalue weighted by Gasteiger charge is 2.31. The Kier molecular flexibility index (Phi) is 7.37. The molecule has 19 heavy (non-hydrogen) atoms. The van der Waals surface area contributed by atoms with Gasteiger partial charge in [-0.15, -0.1) is 6.58 Å². The third-order valence-electron chi connectivity index (χ3n) is 4.96. The third kappa shape index (κ3) is 5.15. The van der Waals surface area contributed by atoms with Crippen LogP contribution in [0, 0.1) is 11.8 Å². The van der Waals surface area contributed by atoms with Crippen LogP contribution in [0.2, 0.25) is 0 Å². The number of thioether (sulfide) groups is 1. The predicted octanol–water partition coefficient (Wildman–Crippen LogP) is 4.63. The first-order chi connectivity index (χ1) is 9.42. The van der Waals surface area contributed by atoms with Crippen molar-refractivity contribution in [2.75, 3.05) is 18.1 Å². The van der Waals surface area contributed by atoms with Crippen molar-refractivity contribution in [3.05, 3.63) is 12.7 Å². The minimum Gasteiger partial charge on any atom is -0.313 e. The summed E-state index contributed by atoms with van der Waals surface area (Å²) in [5, 5.41) is 3.87. The molecule has 2 aliphatic rings. The summed E-state index contributed by atoms with van der Waals surface area (Å²) in [4.78, 5) is 0. The van der Waals surface area contributed by atoms with Crippen LogP contribution in [0.4, 0.5) is 0 Å². The monoisotopic (exact) mass is 281 g/mol. The first-order valence-corrected chi connectivity index (χ1v) is 9.49. The van der Waals surface area contributed by atoms with Crippen LogP contribution in [0.3, 0.4) is 0 Å². The Labute approximate surface area is 124 Å². The Morgan fingerprint density at radius 2 is 1.74 bits per heavy atom. The second-order valence-electron chi connectivity index (χ2n) is 6.27. The molecule has 2 aliphatic carbocycles. The SMILES string of the molecule is C=CCSCCNC1CCCCC1C1CCCCC1. The van der Waals surface area contributed by atoms with Gasteiger partial charge in [-0.05, 0) is 24.7 Å². The maximum atomic E-state index is 3.87. The number of hydrogen-bond acceptors (Lipinski definition) is 2. The van der Waals surface area contributed by atoms with Gasteiger partial charge >= 0.3 is 0 Å². The summed E-state index contributed by atoms with van der Waals surface area (Å²) >= 11 is 2.00. The minimum atomic E-state index is 0.821. The maximum absolute atomic E-state index is 3.87. The summed E-state index contributed by atoms with van der Waals surface area (Å²) in [6, 6.07) is 0.821. The molecule has 0 radical (unpaired) electrons. The summed E-state index contributed by atoms with van der Waals surface area (Å²) in [5.74, 6) is 4.35. The highest BCUT2D eigenvalue weighted by atomic mass is 32.2. The summed E-state index contributed by atoms with van der Waals surface area (Å²) in [6.45, 7) is 4.97. The molecule has 2 saturated carbocycles. The van der Waals surface area contributed by atoms with E-state index in [1.807, 2.05) is 17.8 Å². The van der Waals surface area contributed by atoms with Gasteiger partial charge in [0.1, 0.15) is 0 Å². The number of nitrogens with one attached hydrogen (secondary N) is 1. The van der Waals surface area contributed by atoms with Gasteiger partial charge in [-0.2, -0.15) is 11.8 Å². The fourth-order valence-corrected chi connectivity index (χ4v) is 4.62. The molecule has 1 nitrogen and oxygen atoms in total. The second kappa shape index (κ2) is 9.07. The van der Waals surface area contributed by atoms with E-state index in [1.54, 1.807) is 0 Å². The lowest BCUT2D eigenvalue weighted by Gasteiger charge is -2.39. The van der Waals surface area contributed by atoms with Crippen LogP contribution in [-0.2, 0) is 0 Å². The molecule has 110 valence electrons. The van der Waals surface area contributed by atoms with Crippen molar-refractivity contribution < 1.29 is 0 Å². The van der Waals surface area contributed by atoms with Crippen molar-refractivity contribution in [2.24, 2.45) is 11.8 Å². The van der Waals surface area contributed by atoms with Gasteiger partial charge in [-0.3, -0.25) is 0 Å². The molecule has 2 unspecified atom stereocenters. The normalized spacial score (nSPS) is 29.3. The fourth-order valence-electron chi connectivity index (χ4n) is 4.02. The topological polar surface area (TPSA) is 12.0 Å². The van der Waals surface area contributed by atoms with Crippen molar-refractivity contribution in [2.45, 2.75) is 63.8 Å². The lowest BCUT2D eigenvalue weighted by atomic mass is 9.71. The van der Waals surface area contributed by atoms with Crippen molar-refractivity contribution in [3.63, 3.8) is 0 Å². The van der Waals surface area contributed by atoms with Crippen LogP contribution < -0.4 is 5.32 Å². The van der Waals surface area contributed by atoms with Crippen LogP contribution in [-0.4, -0.2) is 24.1 Å². The molecule has 0 heterocycles. The van der Waals surface area contributed by atoms with Crippen LogP contribution in [0.5, 0.6) is 0 Å².